The van der Waals surface area contributed by atoms with E-state index in [0.717, 1.165) is 43.1 Å². The van der Waals surface area contributed by atoms with E-state index in [0.29, 0.717) is 22.3 Å². The van der Waals surface area contributed by atoms with Crippen molar-refractivity contribution >= 4 is 64.6 Å². The SMILES string of the molecule is [2H]c1c([2H])c([2H])c2c(-c3cc4c5ccccc5c5ccccc5c4c4ccccc34)c3c([2H])c([2H])c([2H])c([2H])c3c(-c3ccccc3)c2c1[2H]. The van der Waals surface area contributed by atoms with Crippen molar-refractivity contribution in [1.82, 2.24) is 0 Å². The standard InChI is InChI=1S/C42H26/c1-2-14-27(15-3-1)40-34-22-10-12-24-36(34)42(37-25-13-11-23-35(37)40)39-26-38-30-18-5-4-16-28(30)29-17-6-8-20-32(29)41(38)33-21-9-7-19-31(33)39/h1-26H/i10D,11D,12D,13D,22D,23D,24D,25D. The van der Waals surface area contributed by atoms with Crippen LogP contribution in [-0.2, 0) is 0 Å². The van der Waals surface area contributed by atoms with Gasteiger partial charge in [-0.1, -0.05) is 151 Å². The van der Waals surface area contributed by atoms with Gasteiger partial charge in [0.25, 0.3) is 0 Å². The Morgan fingerprint density at radius 3 is 1.31 bits per heavy atom. The lowest BCUT2D eigenvalue weighted by Gasteiger charge is -2.20. The summed E-state index contributed by atoms with van der Waals surface area (Å²) in [6.07, 6.45) is 0. The van der Waals surface area contributed by atoms with Crippen LogP contribution in [0.4, 0.5) is 0 Å². The highest BCUT2D eigenvalue weighted by molar-refractivity contribution is 6.34. The average Bonchev–Trinajstić information content (AvgIpc) is 3.16. The van der Waals surface area contributed by atoms with Crippen LogP contribution in [0.3, 0.4) is 0 Å². The molecule has 0 saturated heterocycles. The van der Waals surface area contributed by atoms with Gasteiger partial charge in [-0.3, -0.25) is 0 Å². The lowest BCUT2D eigenvalue weighted by Crippen LogP contribution is -1.93. The Hall–Kier alpha value is -5.46. The molecule has 0 heterocycles. The van der Waals surface area contributed by atoms with Gasteiger partial charge >= 0.3 is 0 Å². The van der Waals surface area contributed by atoms with Gasteiger partial charge in [-0.25, -0.2) is 0 Å². The number of hydrogen-bond acceptors (Lipinski definition) is 0. The number of benzene rings is 9. The second-order valence-corrected chi connectivity index (χ2v) is 10.6. The largest absolute Gasteiger partial charge is 0.0629 e. The van der Waals surface area contributed by atoms with Crippen molar-refractivity contribution in [1.29, 1.82) is 0 Å². The van der Waals surface area contributed by atoms with Crippen LogP contribution < -0.4 is 0 Å². The average molecular weight is 539 g/mol. The van der Waals surface area contributed by atoms with Crippen LogP contribution in [0.15, 0.2) is 158 Å². The van der Waals surface area contributed by atoms with Gasteiger partial charge in [0.1, 0.15) is 0 Å². The molecule has 9 aromatic carbocycles. The third-order valence-corrected chi connectivity index (χ3v) is 8.46. The van der Waals surface area contributed by atoms with Gasteiger partial charge in [-0.15, -0.1) is 0 Å². The van der Waals surface area contributed by atoms with E-state index >= 15 is 0 Å². The van der Waals surface area contributed by atoms with Crippen LogP contribution in [0, 0.1) is 0 Å². The molecule has 0 fully saturated rings. The summed E-state index contributed by atoms with van der Waals surface area (Å²) < 4.78 is 72.5. The second-order valence-electron chi connectivity index (χ2n) is 10.6. The molecule has 0 aromatic heterocycles. The Bertz CT molecular complexity index is 2870. The molecule has 9 aromatic rings. The molecule has 0 radical (unpaired) electrons. The van der Waals surface area contributed by atoms with Crippen LogP contribution in [0.2, 0.25) is 0 Å². The van der Waals surface area contributed by atoms with Crippen LogP contribution in [-0.4, -0.2) is 0 Å². The number of fused-ring (bicyclic) bond motifs is 10. The van der Waals surface area contributed by atoms with Gasteiger partial charge < -0.3 is 0 Å². The molecule has 0 heteroatoms. The van der Waals surface area contributed by atoms with E-state index in [9.17, 15) is 5.48 Å². The Morgan fingerprint density at radius 2 is 0.738 bits per heavy atom. The Morgan fingerprint density at radius 1 is 0.333 bits per heavy atom. The predicted octanol–water partition coefficient (Wildman–Crippen LogP) is 11.9. The normalized spacial score (nSPS) is 14.5. The molecular weight excluding hydrogens is 504 g/mol. The molecule has 0 aliphatic carbocycles. The Balaban J connectivity index is 1.65. The first-order valence-corrected chi connectivity index (χ1v) is 14.0. The van der Waals surface area contributed by atoms with Crippen molar-refractivity contribution in [2.75, 3.05) is 0 Å². The molecule has 0 aliphatic heterocycles. The van der Waals surface area contributed by atoms with Crippen molar-refractivity contribution in [3.8, 4) is 22.3 Å². The fourth-order valence-corrected chi connectivity index (χ4v) is 6.76. The van der Waals surface area contributed by atoms with Crippen LogP contribution in [0.25, 0.3) is 86.9 Å². The zero-order valence-electron chi connectivity index (χ0n) is 30.4. The summed E-state index contributed by atoms with van der Waals surface area (Å²) in [4.78, 5) is 0. The molecule has 42 heavy (non-hydrogen) atoms. The van der Waals surface area contributed by atoms with Gasteiger partial charge in [-0.2, -0.15) is 0 Å². The minimum atomic E-state index is -0.413. The zero-order valence-corrected chi connectivity index (χ0v) is 22.4. The molecular formula is C42H26. The third-order valence-electron chi connectivity index (χ3n) is 8.46. The highest BCUT2D eigenvalue weighted by Crippen LogP contribution is 2.48. The molecule has 0 atom stereocenters. The molecule has 9 rings (SSSR count). The summed E-state index contributed by atoms with van der Waals surface area (Å²) in [6.45, 7) is 0. The van der Waals surface area contributed by atoms with Crippen molar-refractivity contribution in [3.63, 3.8) is 0 Å². The Labute approximate surface area is 255 Å². The Kier molecular flexibility index (Phi) is 3.59. The maximum atomic E-state index is 9.40. The van der Waals surface area contributed by atoms with Gasteiger partial charge in [0.05, 0.1) is 11.0 Å². The predicted molar refractivity (Wildman–Crippen MR) is 182 cm³/mol. The van der Waals surface area contributed by atoms with Crippen molar-refractivity contribution < 1.29 is 11.0 Å². The molecule has 0 aliphatic rings. The first-order chi connectivity index (χ1) is 24.2. The highest BCUT2D eigenvalue weighted by Gasteiger charge is 2.20. The van der Waals surface area contributed by atoms with E-state index in [1.807, 2.05) is 66.7 Å². The van der Waals surface area contributed by atoms with E-state index in [-0.39, 0.29) is 45.7 Å². The molecule has 0 amide bonds. The summed E-state index contributed by atoms with van der Waals surface area (Å²) in [5.41, 5.74) is 1.91. The molecule has 194 valence electrons. The molecule has 0 spiro atoms. The van der Waals surface area contributed by atoms with Gasteiger partial charge in [0, 0.05) is 0 Å². The van der Waals surface area contributed by atoms with Crippen molar-refractivity contribution in [2.45, 2.75) is 0 Å². The summed E-state index contributed by atoms with van der Waals surface area (Å²) in [6, 6.07) is 32.8. The van der Waals surface area contributed by atoms with E-state index in [1.165, 1.54) is 0 Å². The van der Waals surface area contributed by atoms with Crippen LogP contribution in [0.5, 0.6) is 0 Å². The van der Waals surface area contributed by atoms with Gasteiger partial charge in [0.15, 0.2) is 0 Å². The maximum absolute atomic E-state index is 9.40. The summed E-state index contributed by atoms with van der Waals surface area (Å²) in [5.74, 6) is 0. The molecule has 0 N–H and O–H groups in total. The third kappa shape index (κ3) is 3.24. The van der Waals surface area contributed by atoms with E-state index in [1.54, 1.807) is 12.1 Å². The van der Waals surface area contributed by atoms with Crippen LogP contribution >= 0.6 is 0 Å². The van der Waals surface area contributed by atoms with E-state index < -0.39 is 24.2 Å². The monoisotopic (exact) mass is 538 g/mol. The molecule has 0 bridgehead atoms. The highest BCUT2D eigenvalue weighted by atomic mass is 14.2. The first-order valence-electron chi connectivity index (χ1n) is 18.0. The molecule has 0 saturated carbocycles. The lowest BCUT2D eigenvalue weighted by atomic mass is 9.82. The summed E-state index contributed by atoms with van der Waals surface area (Å²) >= 11 is 0. The summed E-state index contributed by atoms with van der Waals surface area (Å²) in [5, 5.41) is 8.80. The van der Waals surface area contributed by atoms with Crippen LogP contribution in [0.1, 0.15) is 11.0 Å². The molecule has 0 unspecified atom stereocenters. The number of rotatable bonds is 2. The maximum Gasteiger partial charge on any atom is 0.0629 e. The quantitative estimate of drug-likeness (QED) is 0.152. The zero-order chi connectivity index (χ0) is 34.6. The second kappa shape index (κ2) is 9.03. The van der Waals surface area contributed by atoms with Gasteiger partial charge in [0.2, 0.25) is 0 Å². The van der Waals surface area contributed by atoms with E-state index in [4.69, 9.17) is 5.48 Å². The fourth-order valence-electron chi connectivity index (χ4n) is 6.76. The topological polar surface area (TPSA) is 0 Å². The smallest absolute Gasteiger partial charge is 0.0622 e. The summed E-state index contributed by atoms with van der Waals surface area (Å²) in [7, 11) is 0. The van der Waals surface area contributed by atoms with E-state index in [2.05, 4.69) is 30.3 Å². The van der Waals surface area contributed by atoms with Crippen molar-refractivity contribution in [2.24, 2.45) is 0 Å². The minimum Gasteiger partial charge on any atom is -0.0622 e. The lowest BCUT2D eigenvalue weighted by molar-refractivity contribution is 1.67. The van der Waals surface area contributed by atoms with Crippen molar-refractivity contribution in [3.05, 3.63) is 158 Å². The fraction of sp³-hybridized carbons (Fsp3) is 0. The molecule has 0 nitrogen and oxygen atoms in total. The number of hydrogen-bond donors (Lipinski definition) is 0. The van der Waals surface area contributed by atoms with Gasteiger partial charge in [-0.05, 0) is 93.0 Å². The minimum absolute atomic E-state index is 0.210. The first kappa shape index (κ1) is 16.7.